The van der Waals surface area contributed by atoms with Crippen molar-refractivity contribution in [3.05, 3.63) is 33.0 Å². The van der Waals surface area contributed by atoms with Crippen LogP contribution in [0, 0.1) is 0 Å². The molecule has 92 valence electrons. The molecule has 1 aromatic rings. The summed E-state index contributed by atoms with van der Waals surface area (Å²) in [5.41, 5.74) is 2.77. The summed E-state index contributed by atoms with van der Waals surface area (Å²) in [6.07, 6.45) is 11.8. The van der Waals surface area contributed by atoms with Gasteiger partial charge in [-0.05, 0) is 68.6 Å². The monoisotopic (exact) mass is 248 g/mol. The van der Waals surface area contributed by atoms with Crippen molar-refractivity contribution >= 4 is 11.3 Å². The molecule has 0 amide bonds. The third-order valence-electron chi connectivity index (χ3n) is 3.96. The van der Waals surface area contributed by atoms with Gasteiger partial charge in [0.15, 0.2) is 0 Å². The molecule has 0 radical (unpaired) electrons. The third-order valence-corrected chi connectivity index (χ3v) is 5.25. The zero-order valence-corrected chi connectivity index (χ0v) is 11.1. The van der Waals surface area contributed by atoms with E-state index < -0.39 is 0 Å². The fourth-order valence-corrected chi connectivity index (χ4v) is 4.23. The Balaban J connectivity index is 1.83. The van der Waals surface area contributed by atoms with Gasteiger partial charge in [-0.2, -0.15) is 0 Å². The van der Waals surface area contributed by atoms with Crippen LogP contribution in [0.15, 0.2) is 17.7 Å². The maximum atomic E-state index is 10.4. The number of fused-ring (bicyclic) bond motifs is 1. The third kappa shape index (κ3) is 2.34. The number of aliphatic hydroxyl groups is 1. The smallest absolute Gasteiger partial charge is 0.109 e. The van der Waals surface area contributed by atoms with Crippen LogP contribution in [-0.2, 0) is 12.8 Å². The number of thiophene rings is 1. The molecule has 2 aliphatic rings. The van der Waals surface area contributed by atoms with Gasteiger partial charge in [-0.15, -0.1) is 11.3 Å². The lowest BCUT2D eigenvalue weighted by Crippen LogP contribution is -2.03. The van der Waals surface area contributed by atoms with Crippen molar-refractivity contribution in [2.45, 2.75) is 57.5 Å². The minimum absolute atomic E-state index is 0.314. The van der Waals surface area contributed by atoms with Gasteiger partial charge in [0.1, 0.15) is 6.10 Å². The Morgan fingerprint density at radius 1 is 1.06 bits per heavy atom. The number of allylic oxidation sites excluding steroid dienone is 1. The molecule has 1 nitrogen and oxygen atoms in total. The van der Waals surface area contributed by atoms with E-state index in [1.807, 2.05) is 11.3 Å². The van der Waals surface area contributed by atoms with E-state index >= 15 is 0 Å². The molecular formula is C15H20OS. The number of hydrogen-bond acceptors (Lipinski definition) is 2. The number of aryl methyl sites for hydroxylation is 2. The SMILES string of the molecule is OC(C1=CCCCC1)c1cc2c(s1)CCCC2. The second-order valence-electron chi connectivity index (χ2n) is 5.23. The standard InChI is InChI=1S/C15H20OS/c16-15(11-6-2-1-3-7-11)14-10-12-8-4-5-9-13(12)17-14/h6,10,15-16H,1-5,7-9H2. The van der Waals surface area contributed by atoms with Crippen molar-refractivity contribution in [2.75, 3.05) is 0 Å². The van der Waals surface area contributed by atoms with Crippen LogP contribution in [-0.4, -0.2) is 5.11 Å². The van der Waals surface area contributed by atoms with Crippen molar-refractivity contribution in [3.63, 3.8) is 0 Å². The van der Waals surface area contributed by atoms with E-state index in [0.717, 1.165) is 12.8 Å². The minimum atomic E-state index is -0.314. The molecule has 0 saturated heterocycles. The normalized spacial score (nSPS) is 21.8. The molecule has 1 N–H and O–H groups in total. The summed E-state index contributed by atoms with van der Waals surface area (Å²) in [5, 5.41) is 10.4. The minimum Gasteiger partial charge on any atom is -0.383 e. The molecule has 1 heterocycles. The van der Waals surface area contributed by atoms with E-state index in [1.54, 1.807) is 0 Å². The van der Waals surface area contributed by atoms with Crippen LogP contribution in [0.25, 0.3) is 0 Å². The molecule has 0 fully saturated rings. The fraction of sp³-hybridized carbons (Fsp3) is 0.600. The molecule has 2 heteroatoms. The highest BCUT2D eigenvalue weighted by molar-refractivity contribution is 7.12. The summed E-state index contributed by atoms with van der Waals surface area (Å²) in [4.78, 5) is 2.71. The molecule has 0 bridgehead atoms. The summed E-state index contributed by atoms with van der Waals surface area (Å²) in [7, 11) is 0. The summed E-state index contributed by atoms with van der Waals surface area (Å²) < 4.78 is 0. The van der Waals surface area contributed by atoms with Gasteiger partial charge >= 0.3 is 0 Å². The van der Waals surface area contributed by atoms with Gasteiger partial charge in [-0.1, -0.05) is 6.08 Å². The predicted octanol–water partition coefficient (Wildman–Crippen LogP) is 4.16. The van der Waals surface area contributed by atoms with E-state index in [-0.39, 0.29) is 6.10 Å². The molecule has 1 aromatic heterocycles. The molecule has 3 rings (SSSR count). The first kappa shape index (κ1) is 11.5. The molecular weight excluding hydrogens is 228 g/mol. The molecule has 0 spiro atoms. The van der Waals surface area contributed by atoms with Crippen molar-refractivity contribution in [1.82, 2.24) is 0 Å². The van der Waals surface area contributed by atoms with Crippen LogP contribution in [0.5, 0.6) is 0 Å². The molecule has 1 atom stereocenters. The quantitative estimate of drug-likeness (QED) is 0.779. The topological polar surface area (TPSA) is 20.2 Å². The lowest BCUT2D eigenvalue weighted by atomic mass is 9.93. The van der Waals surface area contributed by atoms with Crippen LogP contribution < -0.4 is 0 Å². The fourth-order valence-electron chi connectivity index (χ4n) is 2.94. The first-order chi connectivity index (χ1) is 8.34. The molecule has 0 saturated carbocycles. The molecule has 1 unspecified atom stereocenters. The van der Waals surface area contributed by atoms with Crippen LogP contribution >= 0.6 is 11.3 Å². The highest BCUT2D eigenvalue weighted by atomic mass is 32.1. The van der Waals surface area contributed by atoms with E-state index in [2.05, 4.69) is 12.1 Å². The Hall–Kier alpha value is -0.600. The van der Waals surface area contributed by atoms with Crippen LogP contribution in [0.3, 0.4) is 0 Å². The summed E-state index contributed by atoms with van der Waals surface area (Å²) in [5.74, 6) is 0. The zero-order valence-electron chi connectivity index (χ0n) is 10.2. The van der Waals surface area contributed by atoms with Crippen LogP contribution in [0.2, 0.25) is 0 Å². The van der Waals surface area contributed by atoms with Crippen molar-refractivity contribution in [1.29, 1.82) is 0 Å². The van der Waals surface area contributed by atoms with Crippen LogP contribution in [0.1, 0.15) is 59.9 Å². The van der Waals surface area contributed by atoms with E-state index in [4.69, 9.17) is 0 Å². The Morgan fingerprint density at radius 2 is 1.88 bits per heavy atom. The van der Waals surface area contributed by atoms with E-state index in [1.165, 1.54) is 59.4 Å². The number of aliphatic hydroxyl groups excluding tert-OH is 1. The average Bonchev–Trinajstić information content (AvgIpc) is 2.82. The van der Waals surface area contributed by atoms with Gasteiger partial charge in [0.25, 0.3) is 0 Å². The van der Waals surface area contributed by atoms with Gasteiger partial charge in [-0.3, -0.25) is 0 Å². The summed E-state index contributed by atoms with van der Waals surface area (Å²) >= 11 is 1.85. The largest absolute Gasteiger partial charge is 0.383 e. The Labute approximate surface area is 107 Å². The second-order valence-corrected chi connectivity index (χ2v) is 6.40. The lowest BCUT2D eigenvalue weighted by Gasteiger charge is -2.17. The highest BCUT2D eigenvalue weighted by Gasteiger charge is 2.20. The van der Waals surface area contributed by atoms with Gasteiger partial charge < -0.3 is 5.11 Å². The Morgan fingerprint density at radius 3 is 2.65 bits per heavy atom. The van der Waals surface area contributed by atoms with Crippen molar-refractivity contribution < 1.29 is 5.11 Å². The van der Waals surface area contributed by atoms with Crippen LogP contribution in [0.4, 0.5) is 0 Å². The van der Waals surface area contributed by atoms with E-state index in [0.29, 0.717) is 0 Å². The molecule has 17 heavy (non-hydrogen) atoms. The van der Waals surface area contributed by atoms with Gasteiger partial charge in [0.05, 0.1) is 0 Å². The van der Waals surface area contributed by atoms with Gasteiger partial charge in [-0.25, -0.2) is 0 Å². The molecule has 2 aliphatic carbocycles. The summed E-state index contributed by atoms with van der Waals surface area (Å²) in [6.45, 7) is 0. The number of rotatable bonds is 2. The number of hydrogen-bond donors (Lipinski definition) is 1. The summed E-state index contributed by atoms with van der Waals surface area (Å²) in [6, 6.07) is 2.26. The maximum Gasteiger partial charge on any atom is 0.109 e. The van der Waals surface area contributed by atoms with E-state index in [9.17, 15) is 5.11 Å². The first-order valence-corrected chi connectivity index (χ1v) is 7.65. The van der Waals surface area contributed by atoms with Gasteiger partial charge in [0.2, 0.25) is 0 Å². The van der Waals surface area contributed by atoms with Crippen molar-refractivity contribution in [3.8, 4) is 0 Å². The highest BCUT2D eigenvalue weighted by Crippen LogP contribution is 2.37. The lowest BCUT2D eigenvalue weighted by molar-refractivity contribution is 0.212. The Kier molecular flexibility index (Phi) is 3.34. The predicted molar refractivity (Wildman–Crippen MR) is 72.5 cm³/mol. The Bertz CT molecular complexity index is 407. The molecule has 0 aromatic carbocycles. The first-order valence-electron chi connectivity index (χ1n) is 6.83. The van der Waals surface area contributed by atoms with Gasteiger partial charge in [0, 0.05) is 9.75 Å². The molecule has 0 aliphatic heterocycles. The maximum absolute atomic E-state index is 10.4. The zero-order chi connectivity index (χ0) is 11.7. The average molecular weight is 248 g/mol. The second kappa shape index (κ2) is 4.95. The van der Waals surface area contributed by atoms with Crippen molar-refractivity contribution in [2.24, 2.45) is 0 Å².